The lowest BCUT2D eigenvalue weighted by atomic mass is 9.83. The fourth-order valence-corrected chi connectivity index (χ4v) is 5.42. The normalized spacial score (nSPS) is 20.1. The molecule has 2 unspecified atom stereocenters. The summed E-state index contributed by atoms with van der Waals surface area (Å²) in [7, 11) is 3.68. The van der Waals surface area contributed by atoms with E-state index in [1.807, 2.05) is 35.9 Å². The molecule has 2 aromatic rings. The third-order valence-electron chi connectivity index (χ3n) is 7.75. The molecule has 0 radical (unpaired) electrons. The van der Waals surface area contributed by atoms with Gasteiger partial charge in [0.15, 0.2) is 0 Å². The van der Waals surface area contributed by atoms with Crippen molar-refractivity contribution in [1.29, 1.82) is 0 Å². The molecule has 2 fully saturated rings. The molecule has 1 aliphatic heterocycles. The van der Waals surface area contributed by atoms with Crippen molar-refractivity contribution in [3.05, 3.63) is 54.1 Å². The van der Waals surface area contributed by atoms with Gasteiger partial charge in [0, 0.05) is 31.2 Å². The van der Waals surface area contributed by atoms with E-state index in [9.17, 15) is 14.0 Å². The van der Waals surface area contributed by atoms with Gasteiger partial charge in [-0.1, -0.05) is 19.3 Å². The highest BCUT2D eigenvalue weighted by Gasteiger charge is 2.39. The molecule has 7 nitrogen and oxygen atoms in total. The summed E-state index contributed by atoms with van der Waals surface area (Å²) < 4.78 is 13.4. The Bertz CT molecular complexity index is 1040. The second-order valence-electron chi connectivity index (χ2n) is 10.1. The van der Waals surface area contributed by atoms with Gasteiger partial charge in [-0.05, 0) is 82.0 Å². The van der Waals surface area contributed by atoms with E-state index >= 15 is 0 Å². The highest BCUT2D eigenvalue weighted by atomic mass is 19.1. The van der Waals surface area contributed by atoms with Gasteiger partial charge in [-0.15, -0.1) is 0 Å². The maximum Gasteiger partial charge on any atom is 0.246 e. The molecular formula is C28H38FN5O2. The van der Waals surface area contributed by atoms with Gasteiger partial charge < -0.3 is 20.4 Å². The minimum Gasteiger partial charge on any atom is -0.345 e. The second-order valence-corrected chi connectivity index (χ2v) is 10.1. The van der Waals surface area contributed by atoms with Crippen LogP contribution in [-0.4, -0.2) is 54.4 Å². The molecule has 1 aliphatic carbocycles. The molecule has 0 spiro atoms. The Morgan fingerprint density at radius 2 is 1.78 bits per heavy atom. The van der Waals surface area contributed by atoms with E-state index in [2.05, 4.69) is 15.6 Å². The highest BCUT2D eigenvalue weighted by Crippen LogP contribution is 2.36. The van der Waals surface area contributed by atoms with Crippen molar-refractivity contribution >= 4 is 23.2 Å². The van der Waals surface area contributed by atoms with Gasteiger partial charge >= 0.3 is 0 Å². The van der Waals surface area contributed by atoms with Crippen LogP contribution in [0.5, 0.6) is 0 Å². The first-order valence-electron chi connectivity index (χ1n) is 13.1. The van der Waals surface area contributed by atoms with Crippen LogP contribution >= 0.6 is 0 Å². The third-order valence-corrected chi connectivity index (χ3v) is 7.75. The summed E-state index contributed by atoms with van der Waals surface area (Å²) in [5.74, 6) is -0.255. The van der Waals surface area contributed by atoms with Crippen LogP contribution < -0.4 is 15.5 Å². The van der Waals surface area contributed by atoms with Crippen LogP contribution in [0.15, 0.2) is 42.6 Å². The first-order valence-corrected chi connectivity index (χ1v) is 13.1. The van der Waals surface area contributed by atoms with E-state index in [1.54, 1.807) is 25.4 Å². The molecule has 3 atom stereocenters. The lowest BCUT2D eigenvalue weighted by molar-refractivity contribution is -0.139. The smallest absolute Gasteiger partial charge is 0.246 e. The monoisotopic (exact) mass is 495 g/mol. The quantitative estimate of drug-likeness (QED) is 0.570. The minimum atomic E-state index is -0.515. The Hall–Kier alpha value is -3.00. The van der Waals surface area contributed by atoms with Crippen molar-refractivity contribution in [3.63, 3.8) is 0 Å². The van der Waals surface area contributed by atoms with Crippen LogP contribution in [0.2, 0.25) is 0 Å². The number of hydrogen-bond donors (Lipinski definition) is 2. The first kappa shape index (κ1) is 26.1. The van der Waals surface area contributed by atoms with Crippen molar-refractivity contribution < 1.29 is 14.0 Å². The number of carbonyl (C=O) groups is 2. The summed E-state index contributed by atoms with van der Waals surface area (Å²) in [6.07, 6.45) is 8.78. The number of aromatic nitrogens is 1. The van der Waals surface area contributed by atoms with E-state index < -0.39 is 6.04 Å². The molecule has 4 rings (SSSR count). The lowest BCUT2D eigenvalue weighted by Crippen LogP contribution is -2.55. The lowest BCUT2D eigenvalue weighted by Gasteiger charge is -2.35. The predicted molar refractivity (Wildman–Crippen MR) is 139 cm³/mol. The Balaban J connectivity index is 1.56. The number of anilines is 2. The summed E-state index contributed by atoms with van der Waals surface area (Å²) in [5, 5.41) is 6.07. The molecule has 36 heavy (non-hydrogen) atoms. The second kappa shape index (κ2) is 11.8. The largest absolute Gasteiger partial charge is 0.345 e. The maximum absolute atomic E-state index is 14.0. The minimum absolute atomic E-state index is 0.000135. The number of halogens is 1. The summed E-state index contributed by atoms with van der Waals surface area (Å²) in [6, 6.07) is 9.28. The van der Waals surface area contributed by atoms with E-state index in [0.717, 1.165) is 55.6 Å². The number of carbonyl (C=O) groups excluding carboxylic acids is 2. The van der Waals surface area contributed by atoms with Crippen LogP contribution in [0, 0.1) is 11.7 Å². The standard InChI is InChI=1S/C28H38FN5O2/c1-19(30-2)27(35)32-26(20-8-5-4-6-9-20)28(36)34-17-7-10-25(34)24-18-23(15-16-31-24)33(3)22-13-11-21(29)12-14-22/h11-16,18-20,25-26,30H,4-10,17H2,1-3H3,(H,32,35)/t19?,25-,26?/m0/s1. The summed E-state index contributed by atoms with van der Waals surface area (Å²) in [4.78, 5) is 35.3. The van der Waals surface area contributed by atoms with Crippen LogP contribution in [0.25, 0.3) is 0 Å². The highest BCUT2D eigenvalue weighted by molar-refractivity contribution is 5.90. The Kier molecular flexibility index (Phi) is 8.56. The Labute approximate surface area is 213 Å². The zero-order chi connectivity index (χ0) is 25.7. The molecule has 8 heteroatoms. The number of benzene rings is 1. The number of nitrogens with zero attached hydrogens (tertiary/aromatic N) is 3. The number of rotatable bonds is 8. The van der Waals surface area contributed by atoms with E-state index in [1.165, 1.54) is 18.6 Å². The maximum atomic E-state index is 14.0. The van der Waals surface area contributed by atoms with E-state index in [4.69, 9.17) is 0 Å². The van der Waals surface area contributed by atoms with E-state index in [-0.39, 0.29) is 35.6 Å². The van der Waals surface area contributed by atoms with Gasteiger partial charge in [0.05, 0.1) is 17.8 Å². The number of amides is 2. The third kappa shape index (κ3) is 5.86. The number of nitrogens with one attached hydrogen (secondary N) is 2. The average molecular weight is 496 g/mol. The number of likely N-dealkylation sites (N-methyl/N-ethyl adjacent to an activating group) is 1. The molecular weight excluding hydrogens is 457 g/mol. The molecule has 1 aromatic carbocycles. The fraction of sp³-hybridized carbons (Fsp3) is 0.536. The van der Waals surface area contributed by atoms with Crippen molar-refractivity contribution in [2.75, 3.05) is 25.5 Å². The van der Waals surface area contributed by atoms with Gasteiger partial charge in [-0.25, -0.2) is 4.39 Å². The van der Waals surface area contributed by atoms with Crippen LogP contribution in [-0.2, 0) is 9.59 Å². The van der Waals surface area contributed by atoms with Crippen molar-refractivity contribution in [2.45, 2.75) is 70.0 Å². The number of pyridine rings is 1. The molecule has 2 amide bonds. The molecule has 194 valence electrons. The molecule has 1 aromatic heterocycles. The zero-order valence-corrected chi connectivity index (χ0v) is 21.5. The first-order chi connectivity index (χ1) is 17.4. The number of likely N-dealkylation sites (tertiary alicyclic amines) is 1. The van der Waals surface area contributed by atoms with Gasteiger partial charge in [0.1, 0.15) is 11.9 Å². The van der Waals surface area contributed by atoms with Crippen molar-refractivity contribution in [2.24, 2.45) is 5.92 Å². The van der Waals surface area contributed by atoms with Crippen molar-refractivity contribution in [1.82, 2.24) is 20.5 Å². The van der Waals surface area contributed by atoms with Gasteiger partial charge in [-0.2, -0.15) is 0 Å². The summed E-state index contributed by atoms with van der Waals surface area (Å²) in [5.41, 5.74) is 2.63. The predicted octanol–water partition coefficient (Wildman–Crippen LogP) is 4.33. The molecule has 0 bridgehead atoms. The van der Waals surface area contributed by atoms with Crippen LogP contribution in [0.3, 0.4) is 0 Å². The Morgan fingerprint density at radius 1 is 1.06 bits per heavy atom. The topological polar surface area (TPSA) is 77.6 Å². The van der Waals surface area contributed by atoms with Gasteiger partial charge in [0.2, 0.25) is 11.8 Å². The average Bonchev–Trinajstić information content (AvgIpc) is 3.41. The summed E-state index contributed by atoms with van der Waals surface area (Å²) >= 11 is 0. The van der Waals surface area contributed by atoms with Gasteiger partial charge in [-0.3, -0.25) is 14.6 Å². The number of hydrogen-bond acceptors (Lipinski definition) is 5. The van der Waals surface area contributed by atoms with Crippen LogP contribution in [0.1, 0.15) is 63.6 Å². The SMILES string of the molecule is CNC(C)C(=O)NC(C(=O)N1CCC[C@H]1c1cc(N(C)c2ccc(F)cc2)ccn1)C1CCCCC1. The molecule has 1 saturated carbocycles. The molecule has 2 N–H and O–H groups in total. The zero-order valence-electron chi connectivity index (χ0n) is 21.5. The van der Waals surface area contributed by atoms with E-state index in [0.29, 0.717) is 6.54 Å². The molecule has 2 aliphatic rings. The summed E-state index contributed by atoms with van der Waals surface area (Å²) in [6.45, 7) is 2.47. The van der Waals surface area contributed by atoms with Crippen LogP contribution in [0.4, 0.5) is 15.8 Å². The Morgan fingerprint density at radius 3 is 2.47 bits per heavy atom. The fourth-order valence-electron chi connectivity index (χ4n) is 5.42. The molecule has 1 saturated heterocycles. The van der Waals surface area contributed by atoms with Crippen molar-refractivity contribution in [3.8, 4) is 0 Å². The van der Waals surface area contributed by atoms with Gasteiger partial charge in [0.25, 0.3) is 0 Å². The molecule has 2 heterocycles.